The topological polar surface area (TPSA) is 66.4 Å². The SMILES string of the molecule is CCc1ccc(S(=O)(=O)N2CCN(c3nc(Cc4ccc(F)cc4)ns3)CC2)cc1. The van der Waals surface area contributed by atoms with Crippen molar-refractivity contribution < 1.29 is 12.8 Å². The van der Waals surface area contributed by atoms with Gasteiger partial charge in [0.1, 0.15) is 11.6 Å². The fourth-order valence-electron chi connectivity index (χ4n) is 3.40. The number of anilines is 1. The fourth-order valence-corrected chi connectivity index (χ4v) is 5.55. The molecule has 0 amide bonds. The fraction of sp³-hybridized carbons (Fsp3) is 0.333. The molecule has 0 atom stereocenters. The summed E-state index contributed by atoms with van der Waals surface area (Å²) >= 11 is 1.31. The summed E-state index contributed by atoms with van der Waals surface area (Å²) in [5, 5.41) is 0.788. The van der Waals surface area contributed by atoms with Gasteiger partial charge in [0.15, 0.2) is 0 Å². The van der Waals surface area contributed by atoms with E-state index in [2.05, 4.69) is 14.3 Å². The summed E-state index contributed by atoms with van der Waals surface area (Å²) in [5.74, 6) is 0.424. The van der Waals surface area contributed by atoms with Gasteiger partial charge in [-0.15, -0.1) is 0 Å². The van der Waals surface area contributed by atoms with Crippen LogP contribution in [0.2, 0.25) is 0 Å². The van der Waals surface area contributed by atoms with Gasteiger partial charge in [0.05, 0.1) is 4.90 Å². The molecule has 30 heavy (non-hydrogen) atoms. The van der Waals surface area contributed by atoms with Crippen LogP contribution in [0.15, 0.2) is 53.4 Å². The van der Waals surface area contributed by atoms with Gasteiger partial charge in [-0.2, -0.15) is 8.68 Å². The molecule has 1 fully saturated rings. The quantitative estimate of drug-likeness (QED) is 0.581. The summed E-state index contributed by atoms with van der Waals surface area (Å²) in [6.45, 7) is 3.99. The van der Waals surface area contributed by atoms with Crippen molar-refractivity contribution in [3.05, 3.63) is 71.3 Å². The lowest BCUT2D eigenvalue weighted by atomic mass is 10.1. The highest BCUT2D eigenvalue weighted by atomic mass is 32.2. The molecular weight excluding hydrogens is 423 g/mol. The van der Waals surface area contributed by atoms with E-state index in [-0.39, 0.29) is 5.82 Å². The van der Waals surface area contributed by atoms with Crippen LogP contribution in [0.4, 0.5) is 9.52 Å². The smallest absolute Gasteiger partial charge is 0.243 e. The number of halogens is 1. The van der Waals surface area contributed by atoms with Crippen molar-refractivity contribution in [2.45, 2.75) is 24.7 Å². The summed E-state index contributed by atoms with van der Waals surface area (Å²) in [4.78, 5) is 6.99. The molecule has 0 bridgehead atoms. The normalized spacial score (nSPS) is 15.5. The van der Waals surface area contributed by atoms with E-state index >= 15 is 0 Å². The average molecular weight is 447 g/mol. The first-order valence-corrected chi connectivity index (χ1v) is 12.1. The first-order valence-electron chi connectivity index (χ1n) is 9.87. The van der Waals surface area contributed by atoms with Gasteiger partial charge in [0.2, 0.25) is 15.2 Å². The summed E-state index contributed by atoms with van der Waals surface area (Å²) in [6.07, 6.45) is 1.42. The van der Waals surface area contributed by atoms with Gasteiger partial charge >= 0.3 is 0 Å². The second-order valence-corrected chi connectivity index (χ2v) is 9.85. The number of piperazine rings is 1. The molecule has 3 aromatic rings. The van der Waals surface area contributed by atoms with Crippen molar-refractivity contribution in [1.82, 2.24) is 13.7 Å². The Hall–Kier alpha value is -2.36. The van der Waals surface area contributed by atoms with E-state index in [1.54, 1.807) is 24.3 Å². The highest BCUT2D eigenvalue weighted by molar-refractivity contribution is 7.89. The Morgan fingerprint density at radius 2 is 1.60 bits per heavy atom. The van der Waals surface area contributed by atoms with Gasteiger partial charge in [-0.25, -0.2) is 17.8 Å². The molecule has 0 saturated carbocycles. The third-order valence-electron chi connectivity index (χ3n) is 5.21. The molecule has 1 aromatic heterocycles. The van der Waals surface area contributed by atoms with E-state index in [0.717, 1.165) is 22.7 Å². The highest BCUT2D eigenvalue weighted by Crippen LogP contribution is 2.23. The Morgan fingerprint density at radius 1 is 0.967 bits per heavy atom. The van der Waals surface area contributed by atoms with Gasteiger partial charge in [-0.05, 0) is 41.8 Å². The number of rotatable bonds is 6. The average Bonchev–Trinajstić information content (AvgIpc) is 3.24. The molecule has 1 saturated heterocycles. The van der Waals surface area contributed by atoms with E-state index in [0.29, 0.717) is 43.3 Å². The lowest BCUT2D eigenvalue weighted by molar-refractivity contribution is 0.384. The largest absolute Gasteiger partial charge is 0.344 e. The zero-order valence-corrected chi connectivity index (χ0v) is 18.3. The van der Waals surface area contributed by atoms with E-state index < -0.39 is 10.0 Å². The van der Waals surface area contributed by atoms with E-state index in [1.807, 2.05) is 19.1 Å². The molecule has 1 aliphatic rings. The van der Waals surface area contributed by atoms with Crippen LogP contribution in [-0.2, 0) is 22.9 Å². The van der Waals surface area contributed by atoms with Gasteiger partial charge in [0, 0.05) is 44.1 Å². The molecule has 1 aliphatic heterocycles. The Kier molecular flexibility index (Phi) is 6.12. The number of benzene rings is 2. The molecule has 4 rings (SSSR count). The predicted molar refractivity (Wildman–Crippen MR) is 116 cm³/mol. The zero-order valence-electron chi connectivity index (χ0n) is 16.7. The van der Waals surface area contributed by atoms with E-state index in [9.17, 15) is 12.8 Å². The number of aromatic nitrogens is 2. The second kappa shape index (κ2) is 8.79. The van der Waals surface area contributed by atoms with Crippen LogP contribution >= 0.6 is 11.5 Å². The standard InChI is InChI=1S/C21H23FN4O2S2/c1-2-16-5-9-19(10-6-16)30(27,28)26-13-11-25(12-14-26)21-23-20(24-29-21)15-17-3-7-18(22)8-4-17/h3-10H,2,11-15H2,1H3. The highest BCUT2D eigenvalue weighted by Gasteiger charge is 2.29. The van der Waals surface area contributed by atoms with E-state index in [4.69, 9.17) is 0 Å². The summed E-state index contributed by atoms with van der Waals surface area (Å²) in [6, 6.07) is 13.4. The molecule has 9 heteroatoms. The minimum Gasteiger partial charge on any atom is -0.344 e. The second-order valence-electron chi connectivity index (χ2n) is 7.19. The predicted octanol–water partition coefficient (Wildman–Crippen LogP) is 3.34. The minimum absolute atomic E-state index is 0.264. The van der Waals surface area contributed by atoms with Crippen molar-refractivity contribution in [3.63, 3.8) is 0 Å². The van der Waals surface area contributed by atoms with Crippen molar-refractivity contribution >= 4 is 26.7 Å². The van der Waals surface area contributed by atoms with Crippen LogP contribution in [0.1, 0.15) is 23.9 Å². The number of hydrogen-bond acceptors (Lipinski definition) is 6. The number of sulfonamides is 1. The van der Waals surface area contributed by atoms with Crippen molar-refractivity contribution in [2.75, 3.05) is 31.1 Å². The lowest BCUT2D eigenvalue weighted by Crippen LogP contribution is -2.48. The maximum Gasteiger partial charge on any atom is 0.243 e. The van der Waals surface area contributed by atoms with Crippen LogP contribution < -0.4 is 4.90 Å². The number of nitrogens with zero attached hydrogens (tertiary/aromatic N) is 4. The monoisotopic (exact) mass is 446 g/mol. The number of aryl methyl sites for hydroxylation is 1. The molecule has 6 nitrogen and oxygen atoms in total. The van der Waals surface area contributed by atoms with Crippen LogP contribution in [0, 0.1) is 5.82 Å². The molecule has 2 aromatic carbocycles. The summed E-state index contributed by atoms with van der Waals surface area (Å²) in [5.41, 5.74) is 2.07. The molecule has 0 aliphatic carbocycles. The van der Waals surface area contributed by atoms with Crippen LogP contribution in [0.25, 0.3) is 0 Å². The van der Waals surface area contributed by atoms with E-state index in [1.165, 1.54) is 28.0 Å². The van der Waals surface area contributed by atoms with Gasteiger partial charge in [-0.3, -0.25) is 0 Å². The zero-order chi connectivity index (χ0) is 21.1. The Balaban J connectivity index is 1.38. The molecule has 2 heterocycles. The molecule has 158 valence electrons. The third kappa shape index (κ3) is 4.53. The minimum atomic E-state index is -3.49. The van der Waals surface area contributed by atoms with Crippen molar-refractivity contribution in [2.24, 2.45) is 0 Å². The summed E-state index contributed by atoms with van der Waals surface area (Å²) in [7, 11) is -3.49. The van der Waals surface area contributed by atoms with Crippen LogP contribution in [-0.4, -0.2) is 48.3 Å². The molecule has 0 radical (unpaired) electrons. The Bertz CT molecular complexity index is 1090. The van der Waals surface area contributed by atoms with Crippen LogP contribution in [0.5, 0.6) is 0 Å². The van der Waals surface area contributed by atoms with Crippen molar-refractivity contribution in [3.8, 4) is 0 Å². The first-order chi connectivity index (χ1) is 14.5. The maximum absolute atomic E-state index is 13.0. The van der Waals surface area contributed by atoms with Crippen molar-refractivity contribution in [1.29, 1.82) is 0 Å². The van der Waals surface area contributed by atoms with Gasteiger partial charge in [-0.1, -0.05) is 31.2 Å². The maximum atomic E-state index is 13.0. The number of hydrogen-bond donors (Lipinski definition) is 0. The Labute approximate surface area is 180 Å². The summed E-state index contributed by atoms with van der Waals surface area (Å²) < 4.78 is 44.8. The lowest BCUT2D eigenvalue weighted by Gasteiger charge is -2.33. The van der Waals surface area contributed by atoms with Gasteiger partial charge in [0.25, 0.3) is 0 Å². The molecular formula is C21H23FN4O2S2. The molecule has 0 N–H and O–H groups in total. The third-order valence-corrected chi connectivity index (χ3v) is 7.94. The molecule has 0 unspecified atom stereocenters. The van der Waals surface area contributed by atoms with Gasteiger partial charge < -0.3 is 4.90 Å². The molecule has 0 spiro atoms. The Morgan fingerprint density at radius 3 is 2.23 bits per heavy atom. The van der Waals surface area contributed by atoms with Crippen LogP contribution in [0.3, 0.4) is 0 Å². The first kappa shape index (κ1) is 20.9.